The molecule has 0 aliphatic carbocycles. The van der Waals surface area contributed by atoms with Crippen molar-refractivity contribution in [2.45, 2.75) is 13.1 Å². The van der Waals surface area contributed by atoms with Gasteiger partial charge in [0, 0.05) is 12.4 Å². The smallest absolute Gasteiger partial charge is 0.328 e. The molecular weight excluding hydrogens is 277 g/mol. The molecule has 0 aliphatic rings. The first-order valence-corrected chi connectivity index (χ1v) is 6.03. The highest BCUT2D eigenvalue weighted by molar-refractivity contribution is 7.13. The van der Waals surface area contributed by atoms with Gasteiger partial charge < -0.3 is 4.90 Å². The molecule has 1 amide bonds. The van der Waals surface area contributed by atoms with Crippen molar-refractivity contribution < 1.29 is 18.0 Å². The molecule has 0 saturated heterocycles. The predicted molar refractivity (Wildman–Crippen MR) is 59.5 cm³/mol. The van der Waals surface area contributed by atoms with Crippen molar-refractivity contribution in [3.63, 3.8) is 0 Å². The van der Waals surface area contributed by atoms with E-state index >= 15 is 0 Å². The minimum atomic E-state index is -4.43. The molecule has 3 nitrogen and oxygen atoms in total. The lowest BCUT2D eigenvalue weighted by Crippen LogP contribution is -2.39. The minimum Gasteiger partial charge on any atom is -0.328 e. The van der Waals surface area contributed by atoms with Crippen LogP contribution in [0.15, 0.2) is 6.20 Å². The van der Waals surface area contributed by atoms with Gasteiger partial charge in [0.25, 0.3) is 5.91 Å². The third kappa shape index (κ3) is 4.51. The van der Waals surface area contributed by atoms with Crippen LogP contribution in [-0.4, -0.2) is 40.9 Å². The molecule has 96 valence electrons. The first-order valence-electron chi connectivity index (χ1n) is 4.68. The van der Waals surface area contributed by atoms with Crippen molar-refractivity contribution in [3.8, 4) is 0 Å². The van der Waals surface area contributed by atoms with Gasteiger partial charge in [-0.3, -0.25) is 4.79 Å². The molecule has 0 unspecified atom stereocenters. The Kier molecular flexibility index (Phi) is 4.76. The van der Waals surface area contributed by atoms with Crippen LogP contribution in [0.5, 0.6) is 0 Å². The Morgan fingerprint density at radius 3 is 2.65 bits per heavy atom. The summed E-state index contributed by atoms with van der Waals surface area (Å²) >= 11 is 6.45. The highest BCUT2D eigenvalue weighted by Crippen LogP contribution is 2.20. The van der Waals surface area contributed by atoms with E-state index in [9.17, 15) is 18.0 Å². The van der Waals surface area contributed by atoms with Crippen molar-refractivity contribution >= 4 is 28.8 Å². The zero-order valence-electron chi connectivity index (χ0n) is 8.92. The fourth-order valence-electron chi connectivity index (χ4n) is 1.19. The maximum atomic E-state index is 12.3. The lowest BCUT2D eigenvalue weighted by atomic mass is 10.4. The summed E-state index contributed by atoms with van der Waals surface area (Å²) in [4.78, 5) is 16.5. The summed E-state index contributed by atoms with van der Waals surface area (Å²) in [6, 6.07) is 0. The number of hydrogen-bond acceptors (Lipinski definition) is 3. The van der Waals surface area contributed by atoms with Crippen molar-refractivity contribution in [2.24, 2.45) is 0 Å². The topological polar surface area (TPSA) is 33.2 Å². The molecule has 8 heteroatoms. The molecule has 0 atom stereocenters. The number of aryl methyl sites for hydroxylation is 1. The second-order valence-corrected chi connectivity index (χ2v) is 4.89. The van der Waals surface area contributed by atoms with E-state index in [1.165, 1.54) is 6.20 Å². The minimum absolute atomic E-state index is 0.0421. The van der Waals surface area contributed by atoms with Gasteiger partial charge in [0.2, 0.25) is 0 Å². The average Bonchev–Trinajstić information content (AvgIpc) is 2.61. The normalized spacial score (nSPS) is 11.6. The molecule has 1 aromatic heterocycles. The number of amides is 1. The van der Waals surface area contributed by atoms with Gasteiger partial charge in [-0.2, -0.15) is 13.2 Å². The quantitative estimate of drug-likeness (QED) is 0.797. The first kappa shape index (κ1) is 14.2. The van der Waals surface area contributed by atoms with E-state index in [-0.39, 0.29) is 17.3 Å². The Labute approximate surface area is 105 Å². The molecule has 0 aromatic carbocycles. The van der Waals surface area contributed by atoms with Gasteiger partial charge in [-0.05, 0) is 6.92 Å². The zero-order valence-corrected chi connectivity index (χ0v) is 10.5. The number of carbonyl (C=O) groups excluding carboxylic acids is 1. The lowest BCUT2D eigenvalue weighted by molar-refractivity contribution is -0.140. The van der Waals surface area contributed by atoms with Crippen molar-refractivity contribution in [1.29, 1.82) is 0 Å². The van der Waals surface area contributed by atoms with Crippen LogP contribution in [-0.2, 0) is 0 Å². The van der Waals surface area contributed by atoms with E-state index in [0.29, 0.717) is 9.91 Å². The Balaban J connectivity index is 2.80. The van der Waals surface area contributed by atoms with E-state index in [1.54, 1.807) is 6.92 Å². The predicted octanol–water partition coefficient (Wildman–Crippen LogP) is 2.69. The summed E-state index contributed by atoms with van der Waals surface area (Å²) in [5.74, 6) is -0.729. The molecule has 1 rings (SSSR count). The van der Waals surface area contributed by atoms with Gasteiger partial charge >= 0.3 is 6.18 Å². The van der Waals surface area contributed by atoms with E-state index in [0.717, 1.165) is 11.3 Å². The standard InChI is InChI=1S/C9H10ClF3N2OS/c1-6-14-4-7(17-6)8(16)15(3-2-10)5-9(11,12)13/h4H,2-3,5H2,1H3. The Morgan fingerprint density at radius 2 is 2.24 bits per heavy atom. The van der Waals surface area contributed by atoms with E-state index < -0.39 is 18.6 Å². The number of aromatic nitrogens is 1. The van der Waals surface area contributed by atoms with Gasteiger partial charge in [-0.25, -0.2) is 4.98 Å². The van der Waals surface area contributed by atoms with Gasteiger partial charge in [-0.15, -0.1) is 22.9 Å². The van der Waals surface area contributed by atoms with Crippen LogP contribution in [0.3, 0.4) is 0 Å². The van der Waals surface area contributed by atoms with Gasteiger partial charge in [0.05, 0.1) is 11.2 Å². The number of carbonyl (C=O) groups is 1. The molecule has 0 fully saturated rings. The summed E-state index contributed by atoms with van der Waals surface area (Å²) in [5.41, 5.74) is 0. The van der Waals surface area contributed by atoms with Crippen molar-refractivity contribution in [1.82, 2.24) is 9.88 Å². The van der Waals surface area contributed by atoms with Crippen molar-refractivity contribution in [3.05, 3.63) is 16.1 Å². The molecule has 0 aliphatic heterocycles. The summed E-state index contributed by atoms with van der Waals surface area (Å²) in [6.45, 7) is 0.240. The molecule has 0 bridgehead atoms. The third-order valence-corrected chi connectivity index (χ3v) is 2.91. The van der Waals surface area contributed by atoms with Crippen LogP contribution < -0.4 is 0 Å². The fraction of sp³-hybridized carbons (Fsp3) is 0.556. The van der Waals surface area contributed by atoms with Crippen LogP contribution >= 0.6 is 22.9 Å². The summed E-state index contributed by atoms with van der Waals surface area (Å²) in [6.07, 6.45) is -3.15. The highest BCUT2D eigenvalue weighted by atomic mass is 35.5. The molecule has 0 N–H and O–H groups in total. The van der Waals surface area contributed by atoms with Gasteiger partial charge in [-0.1, -0.05) is 0 Å². The maximum Gasteiger partial charge on any atom is 0.406 e. The molecule has 0 spiro atoms. The van der Waals surface area contributed by atoms with E-state index in [4.69, 9.17) is 11.6 Å². The number of halogens is 4. The number of thiazole rings is 1. The summed E-state index contributed by atoms with van der Waals surface area (Å²) in [7, 11) is 0. The molecular formula is C9H10ClF3N2OS. The molecule has 1 aromatic rings. The van der Waals surface area contributed by atoms with E-state index in [2.05, 4.69) is 4.98 Å². The molecule has 1 heterocycles. The van der Waals surface area contributed by atoms with Gasteiger partial charge in [0.1, 0.15) is 11.4 Å². The lowest BCUT2D eigenvalue weighted by Gasteiger charge is -2.22. The number of nitrogens with zero attached hydrogens (tertiary/aromatic N) is 2. The number of hydrogen-bond donors (Lipinski definition) is 0. The second-order valence-electron chi connectivity index (χ2n) is 3.27. The molecule has 17 heavy (non-hydrogen) atoms. The van der Waals surface area contributed by atoms with Crippen LogP contribution in [0.1, 0.15) is 14.7 Å². The monoisotopic (exact) mass is 286 g/mol. The van der Waals surface area contributed by atoms with Crippen LogP contribution in [0, 0.1) is 6.92 Å². The van der Waals surface area contributed by atoms with Crippen LogP contribution in [0.25, 0.3) is 0 Å². The van der Waals surface area contributed by atoms with Crippen LogP contribution in [0.2, 0.25) is 0 Å². The summed E-state index contributed by atoms with van der Waals surface area (Å²) in [5, 5.41) is 0.631. The average molecular weight is 287 g/mol. The maximum absolute atomic E-state index is 12.3. The SMILES string of the molecule is Cc1ncc(C(=O)N(CCCl)CC(F)(F)F)s1. The Bertz CT molecular complexity index is 394. The molecule has 0 radical (unpaired) electrons. The highest BCUT2D eigenvalue weighted by Gasteiger charge is 2.33. The first-order chi connectivity index (χ1) is 7.83. The fourth-order valence-corrected chi connectivity index (χ4v) is 2.14. The Hall–Kier alpha value is -0.820. The molecule has 0 saturated carbocycles. The summed E-state index contributed by atoms with van der Waals surface area (Å²) < 4.78 is 36.8. The Morgan fingerprint density at radius 1 is 1.59 bits per heavy atom. The largest absolute Gasteiger partial charge is 0.406 e. The number of rotatable bonds is 4. The second kappa shape index (κ2) is 5.68. The van der Waals surface area contributed by atoms with Gasteiger partial charge in [0.15, 0.2) is 0 Å². The van der Waals surface area contributed by atoms with E-state index in [1.807, 2.05) is 0 Å². The third-order valence-electron chi connectivity index (χ3n) is 1.84. The zero-order chi connectivity index (χ0) is 13.1. The van der Waals surface area contributed by atoms with Crippen LogP contribution in [0.4, 0.5) is 13.2 Å². The number of alkyl halides is 4. The van der Waals surface area contributed by atoms with Crippen molar-refractivity contribution in [2.75, 3.05) is 19.0 Å².